The van der Waals surface area contributed by atoms with Gasteiger partial charge in [-0.2, -0.15) is 0 Å². The summed E-state index contributed by atoms with van der Waals surface area (Å²) < 4.78 is 5.63. The zero-order valence-electron chi connectivity index (χ0n) is 20.5. The second-order valence-electron chi connectivity index (χ2n) is 10.3. The Hall–Kier alpha value is -3.35. The van der Waals surface area contributed by atoms with E-state index < -0.39 is 29.6 Å². The molecule has 3 unspecified atom stereocenters. The van der Waals surface area contributed by atoms with Crippen molar-refractivity contribution in [1.82, 2.24) is 10.6 Å². The highest BCUT2D eigenvalue weighted by Crippen LogP contribution is 2.44. The van der Waals surface area contributed by atoms with Crippen LogP contribution in [0.1, 0.15) is 63.5 Å². The molecule has 35 heavy (non-hydrogen) atoms. The molecule has 2 aliphatic carbocycles. The molecule has 7 heteroatoms. The minimum absolute atomic E-state index is 0.0692. The molecule has 0 radical (unpaired) electrons. The van der Waals surface area contributed by atoms with Crippen molar-refractivity contribution in [1.29, 1.82) is 0 Å². The van der Waals surface area contributed by atoms with Gasteiger partial charge in [-0.05, 0) is 54.4 Å². The molecule has 2 aromatic rings. The molecule has 2 aliphatic rings. The van der Waals surface area contributed by atoms with Gasteiger partial charge in [0.2, 0.25) is 5.91 Å². The number of hydrogen-bond donors (Lipinski definition) is 3. The van der Waals surface area contributed by atoms with Gasteiger partial charge in [0, 0.05) is 12.0 Å². The van der Waals surface area contributed by atoms with Gasteiger partial charge in [0.25, 0.3) is 0 Å². The van der Waals surface area contributed by atoms with E-state index in [1.165, 1.54) is 0 Å². The standard InChI is InChI=1S/C28H34N2O5/c1-17(2)15-23(25(31)30-24-13-8-14-28(24,3)26(32)33)29-27(34)35-16-22-20-11-6-4-9-18(20)19-10-5-7-12-21(19)22/h4-7,9-12,17,22-24H,8,13-16H2,1-3H3,(H,29,34)(H,30,31)(H,32,33). The molecule has 0 aromatic heterocycles. The number of amides is 2. The first-order valence-electron chi connectivity index (χ1n) is 12.4. The fraction of sp³-hybridized carbons (Fsp3) is 0.464. The zero-order valence-corrected chi connectivity index (χ0v) is 20.5. The molecular formula is C28H34N2O5. The van der Waals surface area contributed by atoms with Crippen LogP contribution in [0.4, 0.5) is 4.79 Å². The molecule has 4 rings (SSSR count). The summed E-state index contributed by atoms with van der Waals surface area (Å²) in [6.07, 6.45) is 1.63. The largest absolute Gasteiger partial charge is 0.481 e. The van der Waals surface area contributed by atoms with Crippen molar-refractivity contribution in [2.45, 2.75) is 64.5 Å². The van der Waals surface area contributed by atoms with Crippen LogP contribution in [0.2, 0.25) is 0 Å². The maximum Gasteiger partial charge on any atom is 0.407 e. The quantitative estimate of drug-likeness (QED) is 0.510. The minimum atomic E-state index is -0.998. The topological polar surface area (TPSA) is 105 Å². The van der Waals surface area contributed by atoms with Gasteiger partial charge in [-0.1, -0.05) is 68.8 Å². The second-order valence-corrected chi connectivity index (χ2v) is 10.3. The van der Waals surface area contributed by atoms with Gasteiger partial charge in [-0.25, -0.2) is 4.79 Å². The smallest absolute Gasteiger partial charge is 0.407 e. The molecule has 3 N–H and O–H groups in total. The number of carboxylic acid groups (broad SMARTS) is 1. The Morgan fingerprint density at radius 3 is 2.23 bits per heavy atom. The highest BCUT2D eigenvalue weighted by atomic mass is 16.5. The summed E-state index contributed by atoms with van der Waals surface area (Å²) in [4.78, 5) is 37.7. The molecule has 0 heterocycles. The van der Waals surface area contributed by atoms with Crippen molar-refractivity contribution in [2.24, 2.45) is 11.3 Å². The van der Waals surface area contributed by atoms with Gasteiger partial charge in [-0.3, -0.25) is 9.59 Å². The average Bonchev–Trinajstić information content (AvgIpc) is 3.35. The second kappa shape index (κ2) is 10.1. The van der Waals surface area contributed by atoms with Gasteiger partial charge in [0.1, 0.15) is 12.6 Å². The van der Waals surface area contributed by atoms with Crippen LogP contribution in [0.5, 0.6) is 0 Å². The number of nitrogens with one attached hydrogen (secondary N) is 2. The van der Waals surface area contributed by atoms with E-state index in [4.69, 9.17) is 4.74 Å². The van der Waals surface area contributed by atoms with Gasteiger partial charge in [0.05, 0.1) is 5.41 Å². The van der Waals surface area contributed by atoms with E-state index in [0.717, 1.165) is 28.7 Å². The summed E-state index contributed by atoms with van der Waals surface area (Å²) in [5.41, 5.74) is 3.53. The molecule has 2 amide bonds. The predicted molar refractivity (Wildman–Crippen MR) is 133 cm³/mol. The van der Waals surface area contributed by atoms with E-state index in [9.17, 15) is 19.5 Å². The van der Waals surface area contributed by atoms with E-state index in [2.05, 4.69) is 34.9 Å². The van der Waals surface area contributed by atoms with Crippen LogP contribution in [0, 0.1) is 11.3 Å². The highest BCUT2D eigenvalue weighted by molar-refractivity contribution is 5.87. The number of fused-ring (bicyclic) bond motifs is 3. The number of carboxylic acids is 1. The van der Waals surface area contributed by atoms with Gasteiger partial charge < -0.3 is 20.5 Å². The van der Waals surface area contributed by atoms with Crippen LogP contribution < -0.4 is 10.6 Å². The average molecular weight is 479 g/mol. The lowest BCUT2D eigenvalue weighted by Gasteiger charge is -2.30. The number of aliphatic carboxylic acids is 1. The summed E-state index contributed by atoms with van der Waals surface area (Å²) in [5.74, 6) is -1.20. The Kier molecular flexibility index (Phi) is 7.15. The number of rotatable bonds is 8. The number of carbonyl (C=O) groups excluding carboxylic acids is 2. The van der Waals surface area contributed by atoms with Gasteiger partial charge in [0.15, 0.2) is 0 Å². The van der Waals surface area contributed by atoms with E-state index in [0.29, 0.717) is 19.3 Å². The van der Waals surface area contributed by atoms with E-state index in [1.54, 1.807) is 6.92 Å². The molecule has 1 fully saturated rings. The SMILES string of the molecule is CC(C)CC(NC(=O)OCC1c2ccccc2-c2ccccc21)C(=O)NC1CCCC1(C)C(=O)O. The Labute approximate surface area is 206 Å². The zero-order chi connectivity index (χ0) is 25.2. The minimum Gasteiger partial charge on any atom is -0.481 e. The molecule has 0 bridgehead atoms. The Morgan fingerprint density at radius 1 is 1.06 bits per heavy atom. The number of hydrogen-bond acceptors (Lipinski definition) is 4. The Balaban J connectivity index is 1.41. The molecule has 186 valence electrons. The van der Waals surface area contributed by atoms with Crippen molar-refractivity contribution >= 4 is 18.0 Å². The van der Waals surface area contributed by atoms with Crippen molar-refractivity contribution in [3.8, 4) is 11.1 Å². The summed E-state index contributed by atoms with van der Waals surface area (Å²) >= 11 is 0. The third-order valence-electron chi connectivity index (χ3n) is 7.42. The van der Waals surface area contributed by atoms with Crippen LogP contribution in [0.25, 0.3) is 11.1 Å². The molecule has 0 aliphatic heterocycles. The molecule has 2 aromatic carbocycles. The first-order valence-corrected chi connectivity index (χ1v) is 12.4. The van der Waals surface area contributed by atoms with Crippen LogP contribution in [0.3, 0.4) is 0 Å². The summed E-state index contributed by atoms with van der Waals surface area (Å²) in [6, 6.07) is 14.9. The van der Waals surface area contributed by atoms with Crippen molar-refractivity contribution in [3.63, 3.8) is 0 Å². The first kappa shape index (κ1) is 24.8. The number of ether oxygens (including phenoxy) is 1. The maximum absolute atomic E-state index is 13.1. The van der Waals surface area contributed by atoms with Crippen molar-refractivity contribution < 1.29 is 24.2 Å². The van der Waals surface area contributed by atoms with E-state index in [1.807, 2.05) is 38.1 Å². The summed E-state index contributed by atoms with van der Waals surface area (Å²) in [6.45, 7) is 5.77. The van der Waals surface area contributed by atoms with Crippen LogP contribution in [0.15, 0.2) is 48.5 Å². The van der Waals surface area contributed by atoms with Crippen molar-refractivity contribution in [3.05, 3.63) is 59.7 Å². The lowest BCUT2D eigenvalue weighted by molar-refractivity contribution is -0.149. The third-order valence-corrected chi connectivity index (χ3v) is 7.42. The molecule has 0 saturated heterocycles. The molecule has 7 nitrogen and oxygen atoms in total. The van der Waals surface area contributed by atoms with Gasteiger partial charge in [-0.15, -0.1) is 0 Å². The monoisotopic (exact) mass is 478 g/mol. The maximum atomic E-state index is 13.1. The molecule has 1 saturated carbocycles. The first-order chi connectivity index (χ1) is 16.7. The molecule has 3 atom stereocenters. The third kappa shape index (κ3) is 5.04. The molecular weight excluding hydrogens is 444 g/mol. The number of benzene rings is 2. The van der Waals surface area contributed by atoms with Crippen LogP contribution in [-0.4, -0.2) is 41.8 Å². The Bertz CT molecular complexity index is 1070. The molecule has 0 spiro atoms. The Morgan fingerprint density at radius 2 is 1.66 bits per heavy atom. The van der Waals surface area contributed by atoms with E-state index in [-0.39, 0.29) is 24.3 Å². The highest BCUT2D eigenvalue weighted by Gasteiger charge is 2.46. The van der Waals surface area contributed by atoms with Gasteiger partial charge >= 0.3 is 12.1 Å². The summed E-state index contributed by atoms with van der Waals surface area (Å²) in [5, 5.41) is 15.3. The predicted octanol–water partition coefficient (Wildman–Crippen LogP) is 4.70. The van der Waals surface area contributed by atoms with Crippen LogP contribution >= 0.6 is 0 Å². The normalized spacial score (nSPS) is 21.8. The number of alkyl carbamates (subject to hydrolysis) is 1. The fourth-order valence-corrected chi connectivity index (χ4v) is 5.41. The lowest BCUT2D eigenvalue weighted by Crippen LogP contribution is -2.54. The van der Waals surface area contributed by atoms with Crippen LogP contribution in [-0.2, 0) is 14.3 Å². The lowest BCUT2D eigenvalue weighted by atomic mass is 9.84. The fourth-order valence-electron chi connectivity index (χ4n) is 5.41. The van der Waals surface area contributed by atoms with E-state index >= 15 is 0 Å². The summed E-state index contributed by atoms with van der Waals surface area (Å²) in [7, 11) is 0. The van der Waals surface area contributed by atoms with Crippen molar-refractivity contribution in [2.75, 3.05) is 6.61 Å². The number of carbonyl (C=O) groups is 3.